The maximum atomic E-state index is 12.5. The Morgan fingerprint density at radius 2 is 1.73 bits per heavy atom. The molecule has 4 aliphatic carbocycles. The van der Waals surface area contributed by atoms with Gasteiger partial charge in [0.2, 0.25) is 5.24 Å². The zero-order valence-corrected chi connectivity index (χ0v) is 12.5. The van der Waals surface area contributed by atoms with Crippen molar-refractivity contribution in [2.24, 2.45) is 17.3 Å². The first kappa shape index (κ1) is 16.1. The third-order valence-electron chi connectivity index (χ3n) is 5.45. The average molecular weight is 340 g/mol. The molecule has 4 rings (SSSR count). The molecule has 0 radical (unpaired) electrons. The molecule has 4 aliphatic rings. The van der Waals surface area contributed by atoms with Crippen molar-refractivity contribution in [1.82, 2.24) is 5.32 Å². The molecule has 0 spiro atoms. The van der Waals surface area contributed by atoms with Crippen molar-refractivity contribution in [3.05, 3.63) is 0 Å². The minimum absolute atomic E-state index is 0.174. The second-order valence-electron chi connectivity index (χ2n) is 7.26. The molecule has 4 saturated carbocycles. The number of rotatable bonds is 3. The molecule has 2 unspecified atom stereocenters. The summed E-state index contributed by atoms with van der Waals surface area (Å²) in [6.07, 6.45) is -1.66. The Bertz CT molecular complexity index is 508. The Balaban J connectivity index is 1.89. The fourth-order valence-electron chi connectivity index (χ4n) is 5.29. The van der Waals surface area contributed by atoms with Crippen molar-refractivity contribution in [1.29, 1.82) is 0 Å². The van der Waals surface area contributed by atoms with E-state index in [1.54, 1.807) is 5.32 Å². The van der Waals surface area contributed by atoms with E-state index in [1.165, 1.54) is 0 Å². The summed E-state index contributed by atoms with van der Waals surface area (Å²) in [5.41, 5.74) is -1.81. The van der Waals surface area contributed by atoms with E-state index in [4.69, 9.17) is 11.6 Å². The van der Waals surface area contributed by atoms with Crippen molar-refractivity contribution in [2.45, 2.75) is 56.3 Å². The lowest BCUT2D eigenvalue weighted by atomic mass is 9.46. The van der Waals surface area contributed by atoms with Crippen LogP contribution >= 0.6 is 11.6 Å². The zero-order chi connectivity index (χ0) is 16.3. The van der Waals surface area contributed by atoms with Crippen LogP contribution in [0.15, 0.2) is 0 Å². The van der Waals surface area contributed by atoms with Crippen LogP contribution in [-0.2, 0) is 9.59 Å². The smallest absolute Gasteiger partial charge is 0.390 e. The monoisotopic (exact) mass is 339 g/mol. The van der Waals surface area contributed by atoms with Gasteiger partial charge in [-0.05, 0) is 62.0 Å². The standard InChI is InChI=1S/C14H17ClF3NO3/c15-10(20)9(19-11(21)14(16,17)18)12-2-7-1-8(3-12)5-13(22,4-7)6-12/h7-9,22H,1-6H2,(H,19,21)/t7?,8?,9-,12?,13?/m1/s1. The third-order valence-corrected chi connectivity index (χ3v) is 5.67. The molecule has 4 bridgehead atoms. The van der Waals surface area contributed by atoms with Gasteiger partial charge in [0.25, 0.3) is 0 Å². The van der Waals surface area contributed by atoms with Crippen LogP contribution in [0.3, 0.4) is 0 Å². The van der Waals surface area contributed by atoms with Gasteiger partial charge in [-0.25, -0.2) is 0 Å². The largest absolute Gasteiger partial charge is 0.471 e. The molecule has 8 heteroatoms. The van der Waals surface area contributed by atoms with Gasteiger partial charge in [-0.3, -0.25) is 9.59 Å². The van der Waals surface area contributed by atoms with Gasteiger partial charge >= 0.3 is 12.1 Å². The van der Waals surface area contributed by atoms with Crippen LogP contribution in [0.25, 0.3) is 0 Å². The van der Waals surface area contributed by atoms with E-state index in [0.717, 1.165) is 6.42 Å². The number of hydrogen-bond donors (Lipinski definition) is 2. The summed E-state index contributed by atoms with van der Waals surface area (Å²) in [5.74, 6) is -1.81. The first-order valence-electron chi connectivity index (χ1n) is 7.32. The second-order valence-corrected chi connectivity index (χ2v) is 7.63. The molecule has 0 saturated heterocycles. The molecule has 124 valence electrons. The highest BCUT2D eigenvalue weighted by Gasteiger charge is 2.61. The lowest BCUT2D eigenvalue weighted by Crippen LogP contribution is -2.64. The van der Waals surface area contributed by atoms with Gasteiger partial charge in [0, 0.05) is 5.41 Å². The summed E-state index contributed by atoms with van der Waals surface area (Å²) in [7, 11) is 0. The normalized spacial score (nSPS) is 41.3. The highest BCUT2D eigenvalue weighted by Crippen LogP contribution is 2.63. The summed E-state index contributed by atoms with van der Waals surface area (Å²) < 4.78 is 37.5. The van der Waals surface area contributed by atoms with Crippen molar-refractivity contribution < 1.29 is 27.9 Å². The molecule has 4 fully saturated rings. The predicted octanol–water partition coefficient (Wildman–Crippen LogP) is 2.13. The van der Waals surface area contributed by atoms with E-state index in [2.05, 4.69) is 0 Å². The van der Waals surface area contributed by atoms with Crippen LogP contribution in [0.2, 0.25) is 0 Å². The molecule has 0 aromatic carbocycles. The Kier molecular flexibility index (Phi) is 3.53. The molecule has 3 atom stereocenters. The number of halogens is 4. The first-order chi connectivity index (χ1) is 10.0. The Morgan fingerprint density at radius 1 is 1.18 bits per heavy atom. The van der Waals surface area contributed by atoms with Gasteiger partial charge in [0.15, 0.2) is 0 Å². The first-order valence-corrected chi connectivity index (χ1v) is 7.70. The van der Waals surface area contributed by atoms with Crippen molar-refractivity contribution in [3.63, 3.8) is 0 Å². The van der Waals surface area contributed by atoms with Gasteiger partial charge < -0.3 is 10.4 Å². The highest BCUT2D eigenvalue weighted by atomic mass is 35.5. The number of alkyl halides is 3. The fourth-order valence-corrected chi connectivity index (χ4v) is 5.57. The van der Waals surface area contributed by atoms with Crippen LogP contribution in [0.5, 0.6) is 0 Å². The molecule has 4 nitrogen and oxygen atoms in total. The maximum absolute atomic E-state index is 12.5. The van der Waals surface area contributed by atoms with Crippen molar-refractivity contribution in [3.8, 4) is 0 Å². The number of carbonyl (C=O) groups is 2. The van der Waals surface area contributed by atoms with Crippen LogP contribution < -0.4 is 5.32 Å². The van der Waals surface area contributed by atoms with Gasteiger partial charge in [-0.1, -0.05) is 0 Å². The second kappa shape index (κ2) is 4.84. The van der Waals surface area contributed by atoms with Crippen LogP contribution in [0.4, 0.5) is 13.2 Å². The Labute approximate surface area is 130 Å². The van der Waals surface area contributed by atoms with Crippen LogP contribution in [-0.4, -0.2) is 34.1 Å². The van der Waals surface area contributed by atoms with E-state index in [0.29, 0.717) is 25.7 Å². The number of amides is 1. The van der Waals surface area contributed by atoms with E-state index in [1.807, 2.05) is 0 Å². The number of nitrogens with one attached hydrogen (secondary N) is 1. The molecular weight excluding hydrogens is 323 g/mol. The quantitative estimate of drug-likeness (QED) is 0.774. The minimum Gasteiger partial charge on any atom is -0.390 e. The average Bonchev–Trinajstić information content (AvgIpc) is 2.30. The van der Waals surface area contributed by atoms with Gasteiger partial charge in [-0.15, -0.1) is 0 Å². The van der Waals surface area contributed by atoms with E-state index < -0.39 is 34.4 Å². The van der Waals surface area contributed by atoms with Gasteiger partial charge in [0.1, 0.15) is 6.04 Å². The summed E-state index contributed by atoms with van der Waals surface area (Å²) in [5, 5.41) is 11.4. The van der Waals surface area contributed by atoms with Gasteiger partial charge in [-0.2, -0.15) is 13.2 Å². The molecule has 22 heavy (non-hydrogen) atoms. The predicted molar refractivity (Wildman–Crippen MR) is 70.9 cm³/mol. The molecular formula is C14H17ClF3NO3. The summed E-state index contributed by atoms with van der Waals surface area (Å²) in [6, 6.07) is -1.40. The number of hydrogen-bond acceptors (Lipinski definition) is 3. The third kappa shape index (κ3) is 2.62. The summed E-state index contributed by atoms with van der Waals surface area (Å²) in [6.45, 7) is 0. The van der Waals surface area contributed by atoms with E-state index >= 15 is 0 Å². The molecule has 2 N–H and O–H groups in total. The number of aliphatic hydroxyl groups is 1. The van der Waals surface area contributed by atoms with Crippen molar-refractivity contribution >= 4 is 22.8 Å². The lowest BCUT2D eigenvalue weighted by Gasteiger charge is -2.61. The molecule has 0 aromatic rings. The summed E-state index contributed by atoms with van der Waals surface area (Å²) >= 11 is 5.52. The van der Waals surface area contributed by atoms with E-state index in [-0.39, 0.29) is 18.3 Å². The molecule has 0 aliphatic heterocycles. The Hall–Kier alpha value is -0.820. The SMILES string of the molecule is O=C(Cl)[C@@H](NC(=O)C(F)(F)F)C12CC3CC(CC(O)(C3)C1)C2. The zero-order valence-electron chi connectivity index (χ0n) is 11.8. The van der Waals surface area contributed by atoms with E-state index in [9.17, 15) is 27.9 Å². The highest BCUT2D eigenvalue weighted by molar-refractivity contribution is 6.65. The van der Waals surface area contributed by atoms with Crippen LogP contribution in [0.1, 0.15) is 38.5 Å². The molecule has 0 aromatic heterocycles. The maximum Gasteiger partial charge on any atom is 0.471 e. The molecule has 0 heterocycles. The minimum atomic E-state index is -5.07. The van der Waals surface area contributed by atoms with Crippen LogP contribution in [0, 0.1) is 17.3 Å². The topological polar surface area (TPSA) is 66.4 Å². The lowest BCUT2D eigenvalue weighted by molar-refractivity contribution is -0.187. The summed E-state index contributed by atoms with van der Waals surface area (Å²) in [4.78, 5) is 23.0. The van der Waals surface area contributed by atoms with Crippen molar-refractivity contribution in [2.75, 3.05) is 0 Å². The molecule has 1 amide bonds. The fraction of sp³-hybridized carbons (Fsp3) is 0.857. The Morgan fingerprint density at radius 3 is 2.14 bits per heavy atom. The number of carbonyl (C=O) groups excluding carboxylic acids is 2. The van der Waals surface area contributed by atoms with Gasteiger partial charge in [0.05, 0.1) is 5.60 Å².